The van der Waals surface area contributed by atoms with Crippen molar-refractivity contribution in [2.45, 2.75) is 26.8 Å². The lowest BCUT2D eigenvalue weighted by Gasteiger charge is -2.23. The molecule has 1 fully saturated rings. The summed E-state index contributed by atoms with van der Waals surface area (Å²) in [5.41, 5.74) is 2.37. The van der Waals surface area contributed by atoms with Crippen molar-refractivity contribution in [1.29, 1.82) is 0 Å². The molecule has 3 aromatic rings. The van der Waals surface area contributed by atoms with Crippen LogP contribution in [0.1, 0.15) is 35.1 Å². The average molecular weight is 454 g/mol. The maximum absolute atomic E-state index is 13.3. The van der Waals surface area contributed by atoms with Gasteiger partial charge in [-0.15, -0.1) is 0 Å². The number of nitrogens with one attached hydrogen (secondary N) is 2. The summed E-state index contributed by atoms with van der Waals surface area (Å²) in [6, 6.07) is 10.1. The highest BCUT2D eigenvalue weighted by Crippen LogP contribution is 2.24. The van der Waals surface area contributed by atoms with Gasteiger partial charge >= 0.3 is 6.03 Å². The molecule has 0 atom stereocenters. The maximum Gasteiger partial charge on any atom is 0.322 e. The smallest absolute Gasteiger partial charge is 0.322 e. The number of benzene rings is 2. The number of hydrogen-bond donors (Lipinski definition) is 2. The quantitative estimate of drug-likeness (QED) is 0.597. The van der Waals surface area contributed by atoms with Gasteiger partial charge in [-0.1, -0.05) is 18.5 Å². The van der Waals surface area contributed by atoms with Gasteiger partial charge in [0.2, 0.25) is 0 Å². The molecule has 166 valence electrons. The second kappa shape index (κ2) is 9.00. The number of halogens is 1. The van der Waals surface area contributed by atoms with E-state index in [-0.39, 0.29) is 24.0 Å². The minimum absolute atomic E-state index is 0.133. The molecule has 0 spiro atoms. The van der Waals surface area contributed by atoms with Gasteiger partial charge in [-0.25, -0.2) is 9.78 Å². The number of H-pyrrole nitrogens is 1. The number of fused-ring (bicyclic) bond motifs is 1. The Morgan fingerprint density at radius 1 is 1.22 bits per heavy atom. The first-order valence-electron chi connectivity index (χ1n) is 10.5. The molecule has 0 aliphatic carbocycles. The topological polar surface area (TPSA) is 98.4 Å². The summed E-state index contributed by atoms with van der Waals surface area (Å²) in [6.45, 7) is 5.74. The van der Waals surface area contributed by atoms with Gasteiger partial charge in [-0.05, 0) is 55.3 Å². The van der Waals surface area contributed by atoms with Gasteiger partial charge in [0, 0.05) is 35.9 Å². The van der Waals surface area contributed by atoms with Crippen LogP contribution in [0.25, 0.3) is 10.9 Å². The van der Waals surface area contributed by atoms with E-state index in [4.69, 9.17) is 11.6 Å². The lowest BCUT2D eigenvalue weighted by atomic mass is 10.1. The van der Waals surface area contributed by atoms with Gasteiger partial charge in [0.1, 0.15) is 5.82 Å². The zero-order valence-corrected chi connectivity index (χ0v) is 18.7. The predicted molar refractivity (Wildman–Crippen MR) is 124 cm³/mol. The summed E-state index contributed by atoms with van der Waals surface area (Å²) in [5.74, 6) is 0.231. The Bertz CT molecular complexity index is 1260. The molecule has 9 heteroatoms. The van der Waals surface area contributed by atoms with Crippen LogP contribution in [-0.2, 0) is 6.54 Å². The Morgan fingerprint density at radius 2 is 2.03 bits per heavy atom. The van der Waals surface area contributed by atoms with Crippen LogP contribution in [0.5, 0.6) is 0 Å². The third-order valence-corrected chi connectivity index (χ3v) is 5.67. The summed E-state index contributed by atoms with van der Waals surface area (Å²) in [6.07, 6.45) is 0.750. The summed E-state index contributed by atoms with van der Waals surface area (Å²) < 4.78 is 0. The molecule has 1 aromatic heterocycles. The van der Waals surface area contributed by atoms with E-state index in [0.717, 1.165) is 17.7 Å². The van der Waals surface area contributed by atoms with Crippen LogP contribution in [0.3, 0.4) is 0 Å². The SMILES string of the molecule is CCCN(Cc1nc2cc(Cl)ccc2c(=O)[nH]1)C(=O)c1ccc(N2CCNC2=O)c(C)c1. The molecule has 2 N–H and O–H groups in total. The zero-order valence-electron chi connectivity index (χ0n) is 17.9. The number of aromatic nitrogens is 2. The molecule has 1 aliphatic rings. The van der Waals surface area contributed by atoms with Gasteiger partial charge < -0.3 is 15.2 Å². The van der Waals surface area contributed by atoms with E-state index in [0.29, 0.717) is 46.9 Å². The third kappa shape index (κ3) is 4.31. The van der Waals surface area contributed by atoms with Crippen molar-refractivity contribution in [3.8, 4) is 0 Å². The average Bonchev–Trinajstić information content (AvgIpc) is 3.18. The third-order valence-electron chi connectivity index (χ3n) is 5.43. The minimum Gasteiger partial charge on any atom is -0.336 e. The molecule has 0 saturated carbocycles. The highest BCUT2D eigenvalue weighted by atomic mass is 35.5. The number of aromatic amines is 1. The zero-order chi connectivity index (χ0) is 22.8. The number of nitrogens with zero attached hydrogens (tertiary/aromatic N) is 3. The first kappa shape index (κ1) is 21.8. The fourth-order valence-electron chi connectivity index (χ4n) is 3.91. The number of hydrogen-bond acceptors (Lipinski definition) is 4. The Labute approximate surface area is 190 Å². The van der Waals surface area contributed by atoms with Gasteiger partial charge in [0.15, 0.2) is 0 Å². The molecule has 3 amide bonds. The number of carbonyl (C=O) groups excluding carboxylic acids is 2. The van der Waals surface area contributed by atoms with E-state index in [1.807, 2.05) is 13.8 Å². The van der Waals surface area contributed by atoms with E-state index >= 15 is 0 Å². The maximum atomic E-state index is 13.3. The van der Waals surface area contributed by atoms with Crippen LogP contribution >= 0.6 is 11.6 Å². The second-order valence-electron chi connectivity index (χ2n) is 7.79. The normalized spacial score (nSPS) is 13.5. The summed E-state index contributed by atoms with van der Waals surface area (Å²) >= 11 is 6.05. The van der Waals surface area contributed by atoms with E-state index < -0.39 is 0 Å². The van der Waals surface area contributed by atoms with Gasteiger partial charge in [-0.2, -0.15) is 0 Å². The van der Waals surface area contributed by atoms with Crippen molar-refractivity contribution in [1.82, 2.24) is 20.2 Å². The number of urea groups is 1. The van der Waals surface area contributed by atoms with Crippen molar-refractivity contribution in [3.05, 3.63) is 68.7 Å². The Morgan fingerprint density at radius 3 is 2.72 bits per heavy atom. The molecule has 8 nitrogen and oxygen atoms in total. The molecule has 1 saturated heterocycles. The highest BCUT2D eigenvalue weighted by Gasteiger charge is 2.24. The Hall–Kier alpha value is -3.39. The van der Waals surface area contributed by atoms with Crippen molar-refractivity contribution >= 4 is 40.1 Å². The largest absolute Gasteiger partial charge is 0.336 e. The molecule has 0 bridgehead atoms. The number of carbonyl (C=O) groups is 2. The predicted octanol–water partition coefficient (Wildman–Crippen LogP) is 3.47. The monoisotopic (exact) mass is 453 g/mol. The highest BCUT2D eigenvalue weighted by molar-refractivity contribution is 6.31. The fourth-order valence-corrected chi connectivity index (χ4v) is 4.08. The Balaban J connectivity index is 1.61. The van der Waals surface area contributed by atoms with Crippen LogP contribution in [0.15, 0.2) is 41.2 Å². The fraction of sp³-hybridized carbons (Fsp3) is 0.304. The molecular weight excluding hydrogens is 430 g/mol. The first-order chi connectivity index (χ1) is 15.4. The number of aryl methyl sites for hydroxylation is 1. The molecule has 2 heterocycles. The molecular formula is C23H24ClN5O3. The number of anilines is 1. The molecule has 0 unspecified atom stereocenters. The molecule has 2 aromatic carbocycles. The lowest BCUT2D eigenvalue weighted by Crippen LogP contribution is -2.33. The summed E-state index contributed by atoms with van der Waals surface area (Å²) in [4.78, 5) is 48.3. The molecule has 0 radical (unpaired) electrons. The van der Waals surface area contributed by atoms with Crippen LogP contribution in [-0.4, -0.2) is 46.4 Å². The van der Waals surface area contributed by atoms with Crippen molar-refractivity contribution < 1.29 is 9.59 Å². The Kier molecular flexibility index (Phi) is 6.14. The summed E-state index contributed by atoms with van der Waals surface area (Å²) in [7, 11) is 0. The minimum atomic E-state index is -0.269. The van der Waals surface area contributed by atoms with E-state index in [1.54, 1.807) is 46.2 Å². The first-order valence-corrected chi connectivity index (χ1v) is 10.9. The van der Waals surface area contributed by atoms with Gasteiger partial charge in [0.25, 0.3) is 11.5 Å². The van der Waals surface area contributed by atoms with E-state index in [9.17, 15) is 14.4 Å². The summed E-state index contributed by atoms with van der Waals surface area (Å²) in [5, 5.41) is 3.72. The molecule has 1 aliphatic heterocycles. The molecule has 4 rings (SSSR count). The van der Waals surface area contributed by atoms with E-state index in [1.165, 1.54) is 0 Å². The van der Waals surface area contributed by atoms with Crippen LogP contribution in [0.2, 0.25) is 5.02 Å². The van der Waals surface area contributed by atoms with Crippen LogP contribution in [0.4, 0.5) is 10.5 Å². The second-order valence-corrected chi connectivity index (χ2v) is 8.22. The number of rotatable bonds is 6. The van der Waals surface area contributed by atoms with Crippen molar-refractivity contribution in [2.75, 3.05) is 24.5 Å². The standard InChI is InChI=1S/C23H24ClN5O3/c1-3-9-28(13-20-26-18-12-16(24)5-6-17(18)21(30)27-20)22(31)15-4-7-19(14(2)11-15)29-10-8-25-23(29)32/h4-7,11-12H,3,8-10,13H2,1-2H3,(H,25,32)(H,26,27,30). The van der Waals surface area contributed by atoms with Crippen LogP contribution < -0.4 is 15.8 Å². The molecule has 32 heavy (non-hydrogen) atoms. The van der Waals surface area contributed by atoms with Crippen molar-refractivity contribution in [2.24, 2.45) is 0 Å². The van der Waals surface area contributed by atoms with Gasteiger partial charge in [0.05, 0.1) is 17.4 Å². The van der Waals surface area contributed by atoms with Crippen LogP contribution in [0, 0.1) is 6.92 Å². The van der Waals surface area contributed by atoms with E-state index in [2.05, 4.69) is 15.3 Å². The van der Waals surface area contributed by atoms with Gasteiger partial charge in [-0.3, -0.25) is 14.5 Å². The van der Waals surface area contributed by atoms with Crippen molar-refractivity contribution in [3.63, 3.8) is 0 Å². The number of amides is 3. The lowest BCUT2D eigenvalue weighted by molar-refractivity contribution is 0.0739.